The fraction of sp³-hybridized carbons (Fsp3) is 0.929. The molecule has 3 nitrogen and oxygen atoms in total. The second-order valence-corrected chi connectivity index (χ2v) is 7.50. The van der Waals surface area contributed by atoms with Crippen molar-refractivity contribution >= 4 is 28.7 Å². The van der Waals surface area contributed by atoms with Gasteiger partial charge in [0.1, 0.15) is 5.60 Å². The second kappa shape index (κ2) is 5.55. The smallest absolute Gasteiger partial charge is 0.410 e. The molecule has 2 fully saturated rings. The first-order valence-electron chi connectivity index (χ1n) is 6.94. The van der Waals surface area contributed by atoms with Crippen LogP contribution >= 0.6 is 22.6 Å². The highest BCUT2D eigenvalue weighted by molar-refractivity contribution is 14.1. The number of alkyl halides is 1. The van der Waals surface area contributed by atoms with Crippen molar-refractivity contribution in [3.05, 3.63) is 0 Å². The van der Waals surface area contributed by atoms with Gasteiger partial charge in [0.15, 0.2) is 0 Å². The molecule has 18 heavy (non-hydrogen) atoms. The van der Waals surface area contributed by atoms with Crippen molar-refractivity contribution in [2.75, 3.05) is 17.5 Å². The molecule has 1 saturated carbocycles. The molecular formula is C14H24INO2. The van der Waals surface area contributed by atoms with Crippen molar-refractivity contribution in [1.29, 1.82) is 0 Å². The summed E-state index contributed by atoms with van der Waals surface area (Å²) in [6.45, 7) is 7.53. The van der Waals surface area contributed by atoms with Crippen LogP contribution in [-0.2, 0) is 4.74 Å². The Morgan fingerprint density at radius 3 is 2.39 bits per heavy atom. The predicted octanol–water partition coefficient (Wildman–Crippen LogP) is 3.70. The minimum absolute atomic E-state index is 0.137. The number of amides is 1. The van der Waals surface area contributed by atoms with Crippen molar-refractivity contribution in [2.45, 2.75) is 45.6 Å². The van der Waals surface area contributed by atoms with Crippen LogP contribution in [0.15, 0.2) is 0 Å². The summed E-state index contributed by atoms with van der Waals surface area (Å²) in [5, 5.41) is 0. The Hall–Kier alpha value is 0. The number of piperidine rings is 1. The predicted molar refractivity (Wildman–Crippen MR) is 81.0 cm³/mol. The summed E-state index contributed by atoms with van der Waals surface area (Å²) in [4.78, 5) is 13.8. The van der Waals surface area contributed by atoms with Gasteiger partial charge in [0.05, 0.1) is 0 Å². The standard InChI is InChI=1S/C14H24INO2/c1-14(2,3)18-13(17)16-6-4-10(5-7-16)12-8-11(12)9-15/h10-12H,4-9H2,1-3H3/t11-,12+/m0/s1. The van der Waals surface area contributed by atoms with Gasteiger partial charge in [0.2, 0.25) is 0 Å². The average Bonchev–Trinajstić information content (AvgIpc) is 3.06. The molecule has 0 aromatic heterocycles. The SMILES string of the molecule is CC(C)(C)OC(=O)N1CCC([C@H]2C[C@H]2CI)CC1. The van der Waals surface area contributed by atoms with Crippen molar-refractivity contribution in [1.82, 2.24) is 4.90 Å². The van der Waals surface area contributed by atoms with E-state index >= 15 is 0 Å². The van der Waals surface area contributed by atoms with E-state index in [9.17, 15) is 4.79 Å². The van der Waals surface area contributed by atoms with Gasteiger partial charge in [-0.25, -0.2) is 4.79 Å². The molecule has 1 aliphatic heterocycles. The summed E-state index contributed by atoms with van der Waals surface area (Å²) in [7, 11) is 0. The van der Waals surface area contributed by atoms with E-state index in [1.807, 2.05) is 25.7 Å². The Bertz CT molecular complexity index is 305. The largest absolute Gasteiger partial charge is 0.444 e. The lowest BCUT2D eigenvalue weighted by Gasteiger charge is -2.33. The molecule has 0 aromatic carbocycles. The highest BCUT2D eigenvalue weighted by atomic mass is 127. The lowest BCUT2D eigenvalue weighted by Crippen LogP contribution is -2.42. The van der Waals surface area contributed by atoms with Gasteiger partial charge in [-0.2, -0.15) is 0 Å². The van der Waals surface area contributed by atoms with E-state index in [2.05, 4.69) is 22.6 Å². The summed E-state index contributed by atoms with van der Waals surface area (Å²) in [6, 6.07) is 0. The zero-order valence-corrected chi connectivity index (χ0v) is 13.8. The number of likely N-dealkylation sites (tertiary alicyclic amines) is 1. The van der Waals surface area contributed by atoms with Gasteiger partial charge in [-0.1, -0.05) is 22.6 Å². The van der Waals surface area contributed by atoms with Gasteiger partial charge in [-0.05, 0) is 57.8 Å². The van der Waals surface area contributed by atoms with Gasteiger partial charge in [-0.3, -0.25) is 0 Å². The Balaban J connectivity index is 1.75. The summed E-state index contributed by atoms with van der Waals surface area (Å²) in [5.74, 6) is 2.76. The number of hydrogen-bond acceptors (Lipinski definition) is 2. The van der Waals surface area contributed by atoms with Crippen molar-refractivity contribution in [3.8, 4) is 0 Å². The number of ether oxygens (including phenoxy) is 1. The van der Waals surface area contributed by atoms with E-state index < -0.39 is 0 Å². The molecule has 104 valence electrons. The Morgan fingerprint density at radius 1 is 1.33 bits per heavy atom. The zero-order chi connectivity index (χ0) is 13.3. The molecule has 2 aliphatic rings. The van der Waals surface area contributed by atoms with E-state index in [1.54, 1.807) is 0 Å². The lowest BCUT2D eigenvalue weighted by atomic mass is 9.91. The molecule has 4 heteroatoms. The third kappa shape index (κ3) is 3.75. The average molecular weight is 365 g/mol. The first kappa shape index (κ1) is 14.4. The van der Waals surface area contributed by atoms with Gasteiger partial charge in [0.25, 0.3) is 0 Å². The van der Waals surface area contributed by atoms with E-state index in [1.165, 1.54) is 10.8 Å². The zero-order valence-electron chi connectivity index (χ0n) is 11.6. The number of rotatable bonds is 2. The molecule has 0 spiro atoms. The Labute approximate surface area is 124 Å². The summed E-state index contributed by atoms with van der Waals surface area (Å²) in [5.41, 5.74) is -0.378. The van der Waals surface area contributed by atoms with Crippen molar-refractivity contribution < 1.29 is 9.53 Å². The van der Waals surface area contributed by atoms with Crippen LogP contribution in [0.5, 0.6) is 0 Å². The van der Waals surface area contributed by atoms with Crippen LogP contribution < -0.4 is 0 Å². The fourth-order valence-electron chi connectivity index (χ4n) is 2.86. The van der Waals surface area contributed by atoms with E-state index in [0.29, 0.717) is 0 Å². The molecule has 0 bridgehead atoms. The number of carbonyl (C=O) groups is 1. The highest BCUT2D eigenvalue weighted by Gasteiger charge is 2.43. The lowest BCUT2D eigenvalue weighted by molar-refractivity contribution is 0.0174. The topological polar surface area (TPSA) is 29.5 Å². The van der Waals surface area contributed by atoms with E-state index in [0.717, 1.165) is 43.7 Å². The number of nitrogens with zero attached hydrogens (tertiary/aromatic N) is 1. The molecule has 0 aromatic rings. The number of hydrogen-bond donors (Lipinski definition) is 0. The quantitative estimate of drug-likeness (QED) is 0.552. The van der Waals surface area contributed by atoms with Crippen LogP contribution in [0.2, 0.25) is 0 Å². The summed E-state index contributed by atoms with van der Waals surface area (Å²) < 4.78 is 6.72. The Morgan fingerprint density at radius 2 is 1.94 bits per heavy atom. The maximum Gasteiger partial charge on any atom is 0.410 e. The Kier molecular flexibility index (Phi) is 4.44. The monoisotopic (exact) mass is 365 g/mol. The molecule has 2 atom stereocenters. The molecule has 0 unspecified atom stereocenters. The minimum atomic E-state index is -0.378. The van der Waals surface area contributed by atoms with Crippen LogP contribution in [0.4, 0.5) is 4.79 Å². The van der Waals surface area contributed by atoms with Crippen LogP contribution in [0.3, 0.4) is 0 Å². The van der Waals surface area contributed by atoms with Crippen molar-refractivity contribution in [3.63, 3.8) is 0 Å². The molecule has 1 heterocycles. The van der Waals surface area contributed by atoms with Gasteiger partial charge < -0.3 is 9.64 Å². The van der Waals surface area contributed by atoms with Crippen LogP contribution in [-0.4, -0.2) is 34.1 Å². The molecule has 0 N–H and O–H groups in total. The molecule has 1 saturated heterocycles. The molecule has 2 rings (SSSR count). The first-order valence-corrected chi connectivity index (χ1v) is 8.47. The third-order valence-electron chi connectivity index (χ3n) is 3.97. The normalized spacial score (nSPS) is 29.2. The molecule has 0 radical (unpaired) electrons. The second-order valence-electron chi connectivity index (χ2n) is 6.62. The third-order valence-corrected chi connectivity index (χ3v) is 5.10. The minimum Gasteiger partial charge on any atom is -0.444 e. The maximum absolute atomic E-state index is 11.9. The van der Waals surface area contributed by atoms with Gasteiger partial charge in [0, 0.05) is 17.5 Å². The molecule has 1 aliphatic carbocycles. The van der Waals surface area contributed by atoms with Gasteiger partial charge in [-0.15, -0.1) is 0 Å². The number of carbonyl (C=O) groups excluding carboxylic acids is 1. The molecular weight excluding hydrogens is 341 g/mol. The van der Waals surface area contributed by atoms with Crippen LogP contribution in [0, 0.1) is 17.8 Å². The van der Waals surface area contributed by atoms with E-state index in [-0.39, 0.29) is 11.7 Å². The summed E-state index contributed by atoms with van der Waals surface area (Å²) >= 11 is 2.50. The van der Waals surface area contributed by atoms with Crippen LogP contribution in [0.1, 0.15) is 40.0 Å². The number of halogens is 1. The molecule has 1 amide bonds. The maximum atomic E-state index is 11.9. The fourth-order valence-corrected chi connectivity index (χ4v) is 3.88. The van der Waals surface area contributed by atoms with Gasteiger partial charge >= 0.3 is 6.09 Å². The van der Waals surface area contributed by atoms with Crippen LogP contribution in [0.25, 0.3) is 0 Å². The summed E-state index contributed by atoms with van der Waals surface area (Å²) in [6.07, 6.45) is 3.61. The highest BCUT2D eigenvalue weighted by Crippen LogP contribution is 2.48. The first-order chi connectivity index (χ1) is 8.40. The van der Waals surface area contributed by atoms with E-state index in [4.69, 9.17) is 4.74 Å². The van der Waals surface area contributed by atoms with Crippen molar-refractivity contribution in [2.24, 2.45) is 17.8 Å².